The number of aliphatic hydroxyl groups excluding tert-OH is 3. The average molecular weight is 377 g/mol. The standard InChI is InChI=1S/C18H19NO6S/c20-15-10-26-18(22)17(16(15)21)25-14-7-3-12(4-8-14)9-11-1-5-13(6-2-11)19(23)24/h1-8,15-18,20-22H,9-10H2/t15-,16+,17-,18-/m1/s1. The number of benzene rings is 2. The molecule has 0 radical (unpaired) electrons. The number of non-ortho nitro benzene ring substituents is 1. The lowest BCUT2D eigenvalue weighted by molar-refractivity contribution is -0.384. The molecule has 2 aromatic rings. The van der Waals surface area contributed by atoms with E-state index in [-0.39, 0.29) is 11.4 Å². The lowest BCUT2D eigenvalue weighted by Gasteiger charge is -2.35. The minimum absolute atomic E-state index is 0.0575. The predicted octanol–water partition coefficient (Wildman–Crippen LogP) is 1.72. The van der Waals surface area contributed by atoms with E-state index in [0.717, 1.165) is 22.9 Å². The molecule has 7 nitrogen and oxygen atoms in total. The van der Waals surface area contributed by atoms with Gasteiger partial charge < -0.3 is 20.1 Å². The van der Waals surface area contributed by atoms with E-state index >= 15 is 0 Å². The van der Waals surface area contributed by atoms with Crippen LogP contribution in [0.3, 0.4) is 0 Å². The summed E-state index contributed by atoms with van der Waals surface area (Å²) >= 11 is 1.14. The zero-order chi connectivity index (χ0) is 18.7. The zero-order valence-corrected chi connectivity index (χ0v) is 14.6. The molecule has 3 N–H and O–H groups in total. The maximum absolute atomic E-state index is 10.7. The molecule has 1 saturated heterocycles. The van der Waals surface area contributed by atoms with Gasteiger partial charge >= 0.3 is 0 Å². The molecule has 1 aliphatic heterocycles. The van der Waals surface area contributed by atoms with Gasteiger partial charge in [0.05, 0.1) is 11.0 Å². The summed E-state index contributed by atoms with van der Waals surface area (Å²) in [5.74, 6) is 0.742. The molecule has 2 aromatic carbocycles. The van der Waals surface area contributed by atoms with Gasteiger partial charge in [0.25, 0.3) is 5.69 Å². The fourth-order valence-corrected chi connectivity index (χ4v) is 3.72. The third-order valence-corrected chi connectivity index (χ3v) is 5.34. The molecule has 3 rings (SSSR count). The third kappa shape index (κ3) is 4.34. The van der Waals surface area contributed by atoms with Crippen LogP contribution >= 0.6 is 11.8 Å². The van der Waals surface area contributed by atoms with Crippen molar-refractivity contribution in [2.75, 3.05) is 5.75 Å². The van der Waals surface area contributed by atoms with E-state index in [0.29, 0.717) is 12.2 Å². The molecule has 8 heteroatoms. The van der Waals surface area contributed by atoms with Crippen LogP contribution < -0.4 is 4.74 Å². The molecule has 4 atom stereocenters. The molecular weight excluding hydrogens is 358 g/mol. The highest BCUT2D eigenvalue weighted by Crippen LogP contribution is 2.28. The second kappa shape index (κ2) is 8.05. The Hall–Kier alpha value is -2.13. The van der Waals surface area contributed by atoms with Gasteiger partial charge in [0.2, 0.25) is 0 Å². The molecule has 0 spiro atoms. The minimum atomic E-state index is -1.15. The number of hydrogen-bond acceptors (Lipinski definition) is 7. The Morgan fingerprint density at radius 3 is 2.19 bits per heavy atom. The van der Waals surface area contributed by atoms with E-state index in [1.54, 1.807) is 24.3 Å². The van der Waals surface area contributed by atoms with Crippen molar-refractivity contribution < 1.29 is 25.0 Å². The van der Waals surface area contributed by atoms with Crippen molar-refractivity contribution in [2.45, 2.75) is 30.2 Å². The van der Waals surface area contributed by atoms with Crippen molar-refractivity contribution in [1.29, 1.82) is 0 Å². The first kappa shape index (κ1) is 18.7. The second-order valence-corrected chi connectivity index (χ2v) is 7.26. The van der Waals surface area contributed by atoms with Gasteiger partial charge in [-0.15, -0.1) is 11.8 Å². The van der Waals surface area contributed by atoms with Gasteiger partial charge in [-0.2, -0.15) is 0 Å². The number of nitro benzene ring substituents is 1. The topological polar surface area (TPSA) is 113 Å². The van der Waals surface area contributed by atoms with Crippen LogP contribution in [-0.4, -0.2) is 49.7 Å². The van der Waals surface area contributed by atoms with Crippen LogP contribution in [0.15, 0.2) is 48.5 Å². The lowest BCUT2D eigenvalue weighted by atomic mass is 10.0. The van der Waals surface area contributed by atoms with Crippen LogP contribution in [0.2, 0.25) is 0 Å². The van der Waals surface area contributed by atoms with E-state index in [4.69, 9.17) is 4.74 Å². The summed E-state index contributed by atoms with van der Waals surface area (Å²) in [5, 5.41) is 40.3. The Morgan fingerprint density at radius 2 is 1.62 bits per heavy atom. The van der Waals surface area contributed by atoms with E-state index < -0.39 is 28.7 Å². The highest BCUT2D eigenvalue weighted by molar-refractivity contribution is 7.99. The third-order valence-electron chi connectivity index (χ3n) is 4.20. The van der Waals surface area contributed by atoms with Gasteiger partial charge in [0, 0.05) is 17.9 Å². The molecule has 1 aliphatic rings. The van der Waals surface area contributed by atoms with Crippen LogP contribution in [-0.2, 0) is 6.42 Å². The number of thioether (sulfide) groups is 1. The fraction of sp³-hybridized carbons (Fsp3) is 0.333. The predicted molar refractivity (Wildman–Crippen MR) is 97.2 cm³/mol. The van der Waals surface area contributed by atoms with Crippen LogP contribution in [0.4, 0.5) is 5.69 Å². The van der Waals surface area contributed by atoms with Crippen LogP contribution in [0.25, 0.3) is 0 Å². The minimum Gasteiger partial charge on any atom is -0.484 e. The molecule has 0 unspecified atom stereocenters. The van der Waals surface area contributed by atoms with Crippen molar-refractivity contribution in [1.82, 2.24) is 0 Å². The van der Waals surface area contributed by atoms with Crippen molar-refractivity contribution in [2.24, 2.45) is 0 Å². The Balaban J connectivity index is 1.63. The molecule has 0 bridgehead atoms. The number of ether oxygens (including phenoxy) is 1. The molecule has 1 fully saturated rings. The summed E-state index contributed by atoms with van der Waals surface area (Å²) in [6.45, 7) is 0. The van der Waals surface area contributed by atoms with Crippen LogP contribution in [0, 0.1) is 10.1 Å². The van der Waals surface area contributed by atoms with Crippen molar-refractivity contribution >= 4 is 17.4 Å². The average Bonchev–Trinajstić information content (AvgIpc) is 2.64. The van der Waals surface area contributed by atoms with Crippen LogP contribution in [0.5, 0.6) is 5.75 Å². The molecular formula is C18H19NO6S. The van der Waals surface area contributed by atoms with E-state index in [1.165, 1.54) is 12.1 Å². The monoisotopic (exact) mass is 377 g/mol. The number of hydrogen-bond donors (Lipinski definition) is 3. The highest BCUT2D eigenvalue weighted by atomic mass is 32.2. The Kier molecular flexibility index (Phi) is 5.77. The van der Waals surface area contributed by atoms with Gasteiger partial charge in [0.1, 0.15) is 17.3 Å². The lowest BCUT2D eigenvalue weighted by Crippen LogP contribution is -2.51. The van der Waals surface area contributed by atoms with E-state index in [1.807, 2.05) is 12.1 Å². The van der Waals surface area contributed by atoms with Gasteiger partial charge in [0.15, 0.2) is 6.10 Å². The summed E-state index contributed by atoms with van der Waals surface area (Å²) in [7, 11) is 0. The van der Waals surface area contributed by atoms with Crippen molar-refractivity contribution in [3.8, 4) is 5.75 Å². The number of nitro groups is 1. The van der Waals surface area contributed by atoms with Gasteiger partial charge in [-0.25, -0.2) is 0 Å². The SMILES string of the molecule is O=[N+]([O-])c1ccc(Cc2ccc(O[C@@H]3[C@@H](O)[C@H](O)CS[C@H]3O)cc2)cc1. The van der Waals surface area contributed by atoms with Gasteiger partial charge in [-0.05, 0) is 29.7 Å². The quantitative estimate of drug-likeness (QED) is 0.537. The summed E-state index contributed by atoms with van der Waals surface area (Å²) in [5.41, 5.74) is 1.09. The van der Waals surface area contributed by atoms with E-state index in [2.05, 4.69) is 0 Å². The largest absolute Gasteiger partial charge is 0.484 e. The first-order valence-corrected chi connectivity index (χ1v) is 9.13. The summed E-state index contributed by atoms with van der Waals surface area (Å²) < 4.78 is 5.64. The smallest absolute Gasteiger partial charge is 0.269 e. The summed E-state index contributed by atoms with van der Waals surface area (Å²) in [6, 6.07) is 13.5. The molecule has 0 aliphatic carbocycles. The van der Waals surface area contributed by atoms with Crippen molar-refractivity contribution in [3.05, 3.63) is 69.8 Å². The fourth-order valence-electron chi connectivity index (χ4n) is 2.72. The normalized spacial score (nSPS) is 25.7. The number of nitrogens with zero attached hydrogens (tertiary/aromatic N) is 1. The molecule has 1 heterocycles. The molecule has 138 valence electrons. The van der Waals surface area contributed by atoms with E-state index in [9.17, 15) is 25.4 Å². The Bertz CT molecular complexity index is 751. The van der Waals surface area contributed by atoms with Crippen LogP contribution in [0.1, 0.15) is 11.1 Å². The zero-order valence-electron chi connectivity index (χ0n) is 13.8. The Labute approximate surface area is 154 Å². The second-order valence-electron chi connectivity index (χ2n) is 6.11. The summed E-state index contributed by atoms with van der Waals surface area (Å²) in [6.07, 6.45) is -2.37. The maximum Gasteiger partial charge on any atom is 0.269 e. The summed E-state index contributed by atoms with van der Waals surface area (Å²) in [4.78, 5) is 10.2. The first-order chi connectivity index (χ1) is 12.4. The molecule has 0 aromatic heterocycles. The van der Waals surface area contributed by atoms with Gasteiger partial charge in [-0.1, -0.05) is 24.3 Å². The highest BCUT2D eigenvalue weighted by Gasteiger charge is 2.39. The first-order valence-electron chi connectivity index (χ1n) is 8.09. The molecule has 0 saturated carbocycles. The molecule has 0 amide bonds. The number of rotatable bonds is 5. The molecule has 26 heavy (non-hydrogen) atoms. The van der Waals surface area contributed by atoms with Crippen molar-refractivity contribution in [3.63, 3.8) is 0 Å². The Morgan fingerprint density at radius 1 is 1.04 bits per heavy atom. The number of aliphatic hydroxyl groups is 3. The maximum atomic E-state index is 10.7. The van der Waals surface area contributed by atoms with Gasteiger partial charge in [-0.3, -0.25) is 10.1 Å².